The Kier molecular flexibility index (Phi) is 10.5. The molecule has 3 aromatic carbocycles. The molecular formula is C31H29F3N4O5S. The molecule has 0 spiro atoms. The molecule has 0 bridgehead atoms. The Morgan fingerprint density at radius 1 is 0.909 bits per heavy atom. The van der Waals surface area contributed by atoms with Gasteiger partial charge in [0.05, 0.1) is 17.0 Å². The van der Waals surface area contributed by atoms with Crippen LogP contribution in [0.25, 0.3) is 11.1 Å². The second-order valence-corrected chi connectivity index (χ2v) is 11.5. The lowest BCUT2D eigenvalue weighted by Crippen LogP contribution is -2.42. The average Bonchev–Trinajstić information content (AvgIpc) is 2.99. The summed E-state index contributed by atoms with van der Waals surface area (Å²) < 4.78 is 66.4. The van der Waals surface area contributed by atoms with Crippen molar-refractivity contribution in [3.8, 4) is 11.1 Å². The zero-order valence-electron chi connectivity index (χ0n) is 23.2. The van der Waals surface area contributed by atoms with Gasteiger partial charge in [-0.25, -0.2) is 8.42 Å². The van der Waals surface area contributed by atoms with Gasteiger partial charge in [-0.2, -0.15) is 17.9 Å². The molecule has 1 atom stereocenters. The smallest absolute Gasteiger partial charge is 0.416 e. The van der Waals surface area contributed by atoms with E-state index < -0.39 is 38.7 Å². The number of benzene rings is 3. The molecular weight excluding hydrogens is 597 g/mol. The largest absolute Gasteiger partial charge is 0.480 e. The van der Waals surface area contributed by atoms with Crippen molar-refractivity contribution in [3.05, 3.63) is 114 Å². The molecule has 4 aromatic rings. The maximum Gasteiger partial charge on any atom is 0.416 e. The number of sulfonamides is 1. The molecule has 4 rings (SSSR count). The predicted molar refractivity (Wildman–Crippen MR) is 158 cm³/mol. The third-order valence-electron chi connectivity index (χ3n) is 6.54. The fourth-order valence-electron chi connectivity index (χ4n) is 4.34. The Labute approximate surface area is 252 Å². The lowest BCUT2D eigenvalue weighted by Gasteiger charge is -2.18. The number of hydrogen-bond acceptors (Lipinski definition) is 6. The van der Waals surface area contributed by atoms with Crippen LogP contribution >= 0.6 is 0 Å². The number of carbonyl (C=O) groups excluding carboxylic acids is 1. The van der Waals surface area contributed by atoms with Gasteiger partial charge in [0.15, 0.2) is 0 Å². The number of anilines is 1. The molecule has 44 heavy (non-hydrogen) atoms. The van der Waals surface area contributed by atoms with Gasteiger partial charge < -0.3 is 15.7 Å². The predicted octanol–water partition coefficient (Wildman–Crippen LogP) is 4.51. The second kappa shape index (κ2) is 14.3. The number of carbonyl (C=O) groups is 2. The molecule has 1 heterocycles. The standard InChI is InChI=1S/C31H29F3N4O5S/c32-31(33,34)23-10-12-25(13-11-23)44(42,43)38-28(30(40)41)19-21-9-14-26(22-6-2-1-3-7-22)27(18-21)37-29(39)20-35-17-15-24-8-4-5-16-36-24/h1-14,16,18,28,35,38H,15,17,19-20H2,(H,37,39)(H,40,41). The molecule has 0 aliphatic heterocycles. The van der Waals surface area contributed by atoms with E-state index in [1.165, 1.54) is 0 Å². The maximum absolute atomic E-state index is 12.9. The van der Waals surface area contributed by atoms with Crippen LogP contribution in [0.5, 0.6) is 0 Å². The molecule has 230 valence electrons. The Hall–Kier alpha value is -4.59. The van der Waals surface area contributed by atoms with Crippen molar-refractivity contribution in [1.82, 2.24) is 15.0 Å². The summed E-state index contributed by atoms with van der Waals surface area (Å²) in [4.78, 5) is 28.6. The van der Waals surface area contributed by atoms with Crippen LogP contribution < -0.4 is 15.4 Å². The second-order valence-electron chi connectivity index (χ2n) is 9.78. The van der Waals surface area contributed by atoms with Crippen LogP contribution in [0.2, 0.25) is 0 Å². The number of aromatic nitrogens is 1. The Bertz CT molecular complexity index is 1690. The first-order chi connectivity index (χ1) is 20.9. The highest BCUT2D eigenvalue weighted by Gasteiger charge is 2.31. The molecule has 1 aromatic heterocycles. The number of amides is 1. The minimum absolute atomic E-state index is 0.00400. The highest BCUT2D eigenvalue weighted by atomic mass is 32.2. The number of carboxylic acids is 1. The molecule has 4 N–H and O–H groups in total. The number of aliphatic carboxylic acids is 1. The molecule has 13 heteroatoms. The van der Waals surface area contributed by atoms with E-state index >= 15 is 0 Å². The monoisotopic (exact) mass is 626 g/mol. The van der Waals surface area contributed by atoms with Crippen molar-refractivity contribution >= 4 is 27.6 Å². The van der Waals surface area contributed by atoms with Crippen LogP contribution in [-0.4, -0.2) is 49.5 Å². The number of alkyl halides is 3. The topological polar surface area (TPSA) is 137 Å². The van der Waals surface area contributed by atoms with Crippen molar-refractivity contribution in [2.75, 3.05) is 18.4 Å². The van der Waals surface area contributed by atoms with E-state index in [4.69, 9.17) is 0 Å². The van der Waals surface area contributed by atoms with Crippen molar-refractivity contribution in [2.45, 2.75) is 30.0 Å². The number of pyridine rings is 1. The Balaban J connectivity index is 1.50. The highest BCUT2D eigenvalue weighted by Crippen LogP contribution is 2.31. The van der Waals surface area contributed by atoms with Crippen LogP contribution in [0.3, 0.4) is 0 Å². The quantitative estimate of drug-likeness (QED) is 0.160. The van der Waals surface area contributed by atoms with Gasteiger partial charge in [0.1, 0.15) is 6.04 Å². The van der Waals surface area contributed by atoms with Gasteiger partial charge >= 0.3 is 12.1 Å². The molecule has 0 aliphatic rings. The fourth-order valence-corrected chi connectivity index (χ4v) is 5.53. The van der Waals surface area contributed by atoms with Gasteiger partial charge in [-0.15, -0.1) is 0 Å². The zero-order valence-corrected chi connectivity index (χ0v) is 24.0. The summed E-state index contributed by atoms with van der Waals surface area (Å²) in [6.45, 7) is 0.505. The first-order valence-corrected chi connectivity index (χ1v) is 14.9. The van der Waals surface area contributed by atoms with Crippen molar-refractivity contribution in [2.24, 2.45) is 0 Å². The minimum atomic E-state index is -4.66. The molecule has 1 unspecified atom stereocenters. The van der Waals surface area contributed by atoms with E-state index in [9.17, 15) is 36.3 Å². The van der Waals surface area contributed by atoms with Crippen molar-refractivity contribution < 1.29 is 36.3 Å². The van der Waals surface area contributed by atoms with E-state index in [-0.39, 0.29) is 18.9 Å². The number of nitrogens with zero attached hydrogens (tertiary/aromatic N) is 1. The molecule has 1 amide bonds. The lowest BCUT2D eigenvalue weighted by molar-refractivity contribution is -0.139. The van der Waals surface area contributed by atoms with Crippen molar-refractivity contribution in [3.63, 3.8) is 0 Å². The van der Waals surface area contributed by atoms with E-state index in [0.717, 1.165) is 23.4 Å². The first kappa shape index (κ1) is 32.3. The summed E-state index contributed by atoms with van der Waals surface area (Å²) in [5.74, 6) is -1.84. The summed E-state index contributed by atoms with van der Waals surface area (Å²) in [7, 11) is -4.48. The summed E-state index contributed by atoms with van der Waals surface area (Å²) >= 11 is 0. The van der Waals surface area contributed by atoms with Gasteiger partial charge in [0.25, 0.3) is 0 Å². The van der Waals surface area contributed by atoms with E-state index in [0.29, 0.717) is 41.9 Å². The summed E-state index contributed by atoms with van der Waals surface area (Å²) in [5, 5.41) is 15.7. The van der Waals surface area contributed by atoms with Crippen LogP contribution in [0, 0.1) is 0 Å². The highest BCUT2D eigenvalue weighted by molar-refractivity contribution is 7.89. The SMILES string of the molecule is O=C(CNCCc1ccccn1)Nc1cc(CC(NS(=O)(=O)c2ccc(C(F)(F)F)cc2)C(=O)O)ccc1-c1ccccc1. The molecule has 0 fully saturated rings. The number of halogens is 3. The van der Waals surface area contributed by atoms with E-state index in [1.807, 2.05) is 48.5 Å². The zero-order chi connectivity index (χ0) is 31.7. The summed E-state index contributed by atoms with van der Waals surface area (Å²) in [5.41, 5.74) is 2.07. The maximum atomic E-state index is 12.9. The van der Waals surface area contributed by atoms with Gasteiger partial charge in [0, 0.05) is 36.1 Å². The molecule has 9 nitrogen and oxygen atoms in total. The summed E-state index contributed by atoms with van der Waals surface area (Å²) in [6, 6.07) is 20.7. The van der Waals surface area contributed by atoms with Gasteiger partial charge in [-0.1, -0.05) is 48.5 Å². The van der Waals surface area contributed by atoms with Crippen molar-refractivity contribution in [1.29, 1.82) is 0 Å². The van der Waals surface area contributed by atoms with E-state index in [1.54, 1.807) is 24.4 Å². The normalized spacial score (nSPS) is 12.4. The van der Waals surface area contributed by atoms with Gasteiger partial charge in [-0.05, 0) is 60.0 Å². The van der Waals surface area contributed by atoms with Crippen LogP contribution in [0.4, 0.5) is 18.9 Å². The number of carboxylic acid groups (broad SMARTS) is 1. The third kappa shape index (κ3) is 8.96. The summed E-state index contributed by atoms with van der Waals surface area (Å²) in [6.07, 6.45) is -2.66. The van der Waals surface area contributed by atoms with Gasteiger partial charge in [0.2, 0.25) is 15.9 Å². The van der Waals surface area contributed by atoms with E-state index in [2.05, 4.69) is 20.3 Å². The molecule has 0 aliphatic carbocycles. The fraction of sp³-hybridized carbons (Fsp3) is 0.194. The number of rotatable bonds is 13. The minimum Gasteiger partial charge on any atom is -0.480 e. The Morgan fingerprint density at radius 3 is 2.25 bits per heavy atom. The molecule has 0 saturated heterocycles. The molecule has 0 saturated carbocycles. The van der Waals surface area contributed by atoms with Crippen LogP contribution in [0.15, 0.2) is 102 Å². The van der Waals surface area contributed by atoms with Crippen LogP contribution in [0.1, 0.15) is 16.8 Å². The number of hydrogen-bond donors (Lipinski definition) is 4. The van der Waals surface area contributed by atoms with Gasteiger partial charge in [-0.3, -0.25) is 14.6 Å². The first-order valence-electron chi connectivity index (χ1n) is 13.4. The number of nitrogens with one attached hydrogen (secondary N) is 3. The molecule has 0 radical (unpaired) electrons. The lowest BCUT2D eigenvalue weighted by atomic mass is 9.98. The average molecular weight is 627 g/mol. The Morgan fingerprint density at radius 2 is 1.61 bits per heavy atom. The van der Waals surface area contributed by atoms with Crippen LogP contribution in [-0.2, 0) is 38.6 Å². The third-order valence-corrected chi connectivity index (χ3v) is 8.03.